The number of thiophene rings is 1. The van der Waals surface area contributed by atoms with Gasteiger partial charge < -0.3 is 4.90 Å². The number of carbonyl (C=O) groups excluding carboxylic acids is 1. The molecule has 0 spiro atoms. The van der Waals surface area contributed by atoms with Gasteiger partial charge in [0.1, 0.15) is 4.75 Å². The zero-order valence-electron chi connectivity index (χ0n) is 10.9. The first-order valence-electron chi connectivity index (χ1n) is 6.03. The maximum absolute atomic E-state index is 12.4. The Balaban J connectivity index is 2.06. The summed E-state index contributed by atoms with van der Waals surface area (Å²) in [5, 5.41) is 9.24. The normalized spacial score (nSPS) is 18.1. The Morgan fingerprint density at radius 1 is 1.58 bits per heavy atom. The molecule has 0 unspecified atom stereocenters. The number of piperidine rings is 1. The van der Waals surface area contributed by atoms with Crippen LogP contribution in [0.15, 0.2) is 9.85 Å². The van der Waals surface area contributed by atoms with E-state index in [-0.39, 0.29) is 10.7 Å². The van der Waals surface area contributed by atoms with Crippen LogP contribution in [0.1, 0.15) is 28.1 Å². The predicted molar refractivity (Wildman–Crippen MR) is 83.8 cm³/mol. The van der Waals surface area contributed by atoms with Crippen molar-refractivity contribution in [2.24, 2.45) is 0 Å². The largest absolute Gasteiger partial charge is 0.338 e. The molecular formula is C13H15BrN2OS2. The molecule has 0 aromatic carbocycles. The molecule has 0 N–H and O–H groups in total. The third-order valence-corrected chi connectivity index (χ3v) is 6.93. The number of hydrogen-bond donors (Lipinski definition) is 0. The zero-order chi connectivity index (χ0) is 14.0. The molecule has 102 valence electrons. The van der Waals surface area contributed by atoms with Crippen LogP contribution in [0.4, 0.5) is 0 Å². The second kappa shape index (κ2) is 5.86. The van der Waals surface area contributed by atoms with E-state index in [1.165, 1.54) is 11.3 Å². The van der Waals surface area contributed by atoms with Gasteiger partial charge in [0.05, 0.1) is 14.7 Å². The van der Waals surface area contributed by atoms with Crippen molar-refractivity contribution in [2.75, 3.05) is 19.3 Å². The summed E-state index contributed by atoms with van der Waals surface area (Å²) in [4.78, 5) is 15.0. The standard InChI is InChI=1S/C13H15BrN2OS2/c1-9-7-10(19-11(9)14)12(17)16-5-3-13(8-15,18-2)4-6-16/h7H,3-6H2,1-2H3. The summed E-state index contributed by atoms with van der Waals surface area (Å²) in [6.07, 6.45) is 3.48. The maximum Gasteiger partial charge on any atom is 0.263 e. The van der Waals surface area contributed by atoms with Gasteiger partial charge in [0.25, 0.3) is 5.91 Å². The molecule has 19 heavy (non-hydrogen) atoms. The number of nitrogens with zero attached hydrogens (tertiary/aromatic N) is 2. The van der Waals surface area contributed by atoms with Crippen molar-refractivity contribution in [3.8, 4) is 6.07 Å². The molecule has 0 atom stereocenters. The van der Waals surface area contributed by atoms with Crippen molar-refractivity contribution >= 4 is 44.9 Å². The Morgan fingerprint density at radius 2 is 2.21 bits per heavy atom. The highest BCUT2D eigenvalue weighted by molar-refractivity contribution is 9.11. The zero-order valence-corrected chi connectivity index (χ0v) is 14.1. The topological polar surface area (TPSA) is 44.1 Å². The molecule has 2 rings (SSSR count). The summed E-state index contributed by atoms with van der Waals surface area (Å²) >= 11 is 6.54. The van der Waals surface area contributed by atoms with E-state index in [1.807, 2.05) is 24.1 Å². The van der Waals surface area contributed by atoms with Crippen LogP contribution >= 0.6 is 39.0 Å². The van der Waals surface area contributed by atoms with Crippen molar-refractivity contribution < 1.29 is 4.79 Å². The molecule has 1 aromatic rings. The van der Waals surface area contributed by atoms with Crippen LogP contribution in [0.2, 0.25) is 0 Å². The average molecular weight is 359 g/mol. The summed E-state index contributed by atoms with van der Waals surface area (Å²) in [5.41, 5.74) is 1.10. The molecule has 1 saturated heterocycles. The lowest BCUT2D eigenvalue weighted by atomic mass is 9.97. The molecule has 1 aromatic heterocycles. The monoisotopic (exact) mass is 358 g/mol. The van der Waals surface area contributed by atoms with Gasteiger partial charge in [-0.2, -0.15) is 5.26 Å². The third kappa shape index (κ3) is 2.99. The molecule has 1 aliphatic rings. The first-order chi connectivity index (χ1) is 9.01. The Bertz CT molecular complexity index is 508. The minimum atomic E-state index is -0.303. The summed E-state index contributed by atoms with van der Waals surface area (Å²) in [5.74, 6) is 0.0893. The van der Waals surface area contributed by atoms with Gasteiger partial charge in [0, 0.05) is 13.1 Å². The Hall–Kier alpha value is -0.510. The van der Waals surface area contributed by atoms with Crippen LogP contribution in [-0.4, -0.2) is 34.9 Å². The molecular weight excluding hydrogens is 344 g/mol. The Labute approximate surface area is 130 Å². The molecule has 0 bridgehead atoms. The number of rotatable bonds is 2. The van der Waals surface area contributed by atoms with E-state index in [0.717, 1.165) is 27.1 Å². The second-order valence-electron chi connectivity index (χ2n) is 4.67. The number of hydrogen-bond acceptors (Lipinski definition) is 4. The van der Waals surface area contributed by atoms with E-state index in [1.54, 1.807) is 11.8 Å². The summed E-state index contributed by atoms with van der Waals surface area (Å²) in [7, 11) is 0. The fourth-order valence-corrected chi connectivity index (χ4v) is 4.34. The van der Waals surface area contributed by atoms with Gasteiger partial charge in [0.2, 0.25) is 0 Å². The number of carbonyl (C=O) groups is 1. The van der Waals surface area contributed by atoms with E-state index >= 15 is 0 Å². The molecule has 1 fully saturated rings. The number of nitriles is 1. The summed E-state index contributed by atoms with van der Waals surface area (Å²) in [6, 6.07) is 4.33. The first kappa shape index (κ1) is 14.9. The molecule has 2 heterocycles. The smallest absolute Gasteiger partial charge is 0.263 e. The third-order valence-electron chi connectivity index (χ3n) is 3.52. The highest BCUT2D eigenvalue weighted by atomic mass is 79.9. The van der Waals surface area contributed by atoms with E-state index in [2.05, 4.69) is 22.0 Å². The Kier molecular flexibility index (Phi) is 4.59. The minimum Gasteiger partial charge on any atom is -0.338 e. The van der Waals surface area contributed by atoms with Crippen LogP contribution in [0, 0.1) is 18.3 Å². The van der Waals surface area contributed by atoms with Crippen molar-refractivity contribution in [1.29, 1.82) is 5.26 Å². The van der Waals surface area contributed by atoms with Gasteiger partial charge >= 0.3 is 0 Å². The van der Waals surface area contributed by atoms with E-state index in [0.29, 0.717) is 13.1 Å². The molecule has 3 nitrogen and oxygen atoms in total. The predicted octanol–water partition coefficient (Wildman–Crippen LogP) is 3.68. The van der Waals surface area contributed by atoms with Crippen LogP contribution in [0.3, 0.4) is 0 Å². The Morgan fingerprint density at radius 3 is 2.63 bits per heavy atom. The van der Waals surface area contributed by atoms with Gasteiger partial charge in [-0.05, 0) is 53.6 Å². The van der Waals surface area contributed by atoms with Crippen molar-refractivity contribution in [3.63, 3.8) is 0 Å². The van der Waals surface area contributed by atoms with Crippen molar-refractivity contribution in [2.45, 2.75) is 24.5 Å². The number of likely N-dealkylation sites (tertiary alicyclic amines) is 1. The van der Waals surface area contributed by atoms with Crippen molar-refractivity contribution in [3.05, 3.63) is 20.3 Å². The maximum atomic E-state index is 12.4. The van der Waals surface area contributed by atoms with Gasteiger partial charge in [-0.1, -0.05) is 0 Å². The SMILES string of the molecule is CSC1(C#N)CCN(C(=O)c2cc(C)c(Br)s2)CC1. The lowest BCUT2D eigenvalue weighted by molar-refractivity contribution is 0.0721. The summed E-state index contributed by atoms with van der Waals surface area (Å²) < 4.78 is 0.714. The number of amides is 1. The van der Waals surface area contributed by atoms with E-state index < -0.39 is 0 Å². The fraction of sp³-hybridized carbons (Fsp3) is 0.538. The van der Waals surface area contributed by atoms with Crippen molar-refractivity contribution in [1.82, 2.24) is 4.90 Å². The number of aryl methyl sites for hydroxylation is 1. The molecule has 1 amide bonds. The average Bonchev–Trinajstić information content (AvgIpc) is 2.78. The number of thioether (sulfide) groups is 1. The van der Waals surface area contributed by atoms with Gasteiger partial charge in [-0.15, -0.1) is 23.1 Å². The van der Waals surface area contributed by atoms with Gasteiger partial charge in [0.15, 0.2) is 0 Å². The lowest BCUT2D eigenvalue weighted by Gasteiger charge is -2.35. The van der Waals surface area contributed by atoms with Gasteiger partial charge in [-0.3, -0.25) is 4.79 Å². The summed E-state index contributed by atoms with van der Waals surface area (Å²) in [6.45, 7) is 3.32. The highest BCUT2D eigenvalue weighted by Gasteiger charge is 2.35. The fourth-order valence-electron chi connectivity index (χ4n) is 2.15. The molecule has 1 aliphatic heterocycles. The molecule has 6 heteroatoms. The first-order valence-corrected chi connectivity index (χ1v) is 8.86. The lowest BCUT2D eigenvalue weighted by Crippen LogP contribution is -2.44. The molecule has 0 radical (unpaired) electrons. The second-order valence-corrected chi connectivity index (χ2v) is 8.23. The van der Waals surface area contributed by atoms with E-state index in [4.69, 9.17) is 0 Å². The van der Waals surface area contributed by atoms with E-state index in [9.17, 15) is 10.1 Å². The highest BCUT2D eigenvalue weighted by Crippen LogP contribution is 2.35. The van der Waals surface area contributed by atoms with Crippen LogP contribution in [-0.2, 0) is 0 Å². The molecule has 0 saturated carbocycles. The molecule has 0 aliphatic carbocycles. The minimum absolute atomic E-state index is 0.0893. The number of halogens is 1. The van der Waals surface area contributed by atoms with Gasteiger partial charge in [-0.25, -0.2) is 0 Å². The quantitative estimate of drug-likeness (QED) is 0.809. The van der Waals surface area contributed by atoms with Crippen LogP contribution < -0.4 is 0 Å². The van der Waals surface area contributed by atoms with Crippen LogP contribution in [0.5, 0.6) is 0 Å². The van der Waals surface area contributed by atoms with Crippen LogP contribution in [0.25, 0.3) is 0 Å².